The maximum absolute atomic E-state index is 12.4. The topological polar surface area (TPSA) is 70.8 Å². The second-order valence-corrected chi connectivity index (χ2v) is 6.90. The Morgan fingerprint density at radius 1 is 1.44 bits per heavy atom. The van der Waals surface area contributed by atoms with Crippen LogP contribution in [0.2, 0.25) is 0 Å². The summed E-state index contributed by atoms with van der Waals surface area (Å²) in [4.78, 5) is 21.0. The van der Waals surface area contributed by atoms with Crippen molar-refractivity contribution in [3.63, 3.8) is 0 Å². The first-order chi connectivity index (χ1) is 12.0. The number of hydrogen-bond acceptors (Lipinski definition) is 5. The highest BCUT2D eigenvalue weighted by atomic mass is 16.6. The summed E-state index contributed by atoms with van der Waals surface area (Å²) >= 11 is 0. The third-order valence-electron chi connectivity index (χ3n) is 4.78. The maximum atomic E-state index is 12.4. The molecule has 0 aliphatic carbocycles. The van der Waals surface area contributed by atoms with Crippen molar-refractivity contribution in [2.45, 2.75) is 57.9 Å². The number of aliphatic hydroxyl groups excluding tert-OH is 1. The van der Waals surface area contributed by atoms with Crippen LogP contribution in [0.4, 0.5) is 0 Å². The van der Waals surface area contributed by atoms with E-state index in [0.29, 0.717) is 32.0 Å². The number of rotatable bonds is 9. The quantitative estimate of drug-likeness (QED) is 0.674. The molecular weight excluding hydrogens is 320 g/mol. The zero-order valence-electron chi connectivity index (χ0n) is 15.7. The predicted octanol–water partition coefficient (Wildman–Crippen LogP) is 1.11. The maximum Gasteiger partial charge on any atom is 0.223 e. The van der Waals surface area contributed by atoms with E-state index in [4.69, 9.17) is 4.74 Å². The highest BCUT2D eigenvalue weighted by Crippen LogP contribution is 2.15. The zero-order valence-corrected chi connectivity index (χ0v) is 15.7. The van der Waals surface area contributed by atoms with Crippen LogP contribution in [0.1, 0.15) is 38.4 Å². The highest BCUT2D eigenvalue weighted by Gasteiger charge is 2.23. The number of piperidine rings is 1. The summed E-state index contributed by atoms with van der Waals surface area (Å²) in [5.41, 5.74) is 0. The zero-order chi connectivity index (χ0) is 18.2. The van der Waals surface area contributed by atoms with Gasteiger partial charge in [-0.15, -0.1) is 0 Å². The van der Waals surface area contributed by atoms with Crippen LogP contribution in [0, 0.1) is 0 Å². The van der Waals surface area contributed by atoms with Crippen molar-refractivity contribution >= 4 is 5.91 Å². The summed E-state index contributed by atoms with van der Waals surface area (Å²) in [7, 11) is 4.20. The molecule has 25 heavy (non-hydrogen) atoms. The van der Waals surface area contributed by atoms with Gasteiger partial charge in [-0.3, -0.25) is 4.79 Å². The van der Waals surface area contributed by atoms with E-state index in [9.17, 15) is 9.90 Å². The Labute approximate surface area is 150 Å². The fraction of sp³-hybridized carbons (Fsp3) is 0.778. The van der Waals surface area contributed by atoms with Crippen molar-refractivity contribution in [3.8, 4) is 0 Å². The fourth-order valence-electron chi connectivity index (χ4n) is 3.22. The van der Waals surface area contributed by atoms with Crippen molar-refractivity contribution < 1.29 is 14.6 Å². The van der Waals surface area contributed by atoms with E-state index in [1.165, 1.54) is 0 Å². The summed E-state index contributed by atoms with van der Waals surface area (Å²) in [6, 6.07) is 0.576. The van der Waals surface area contributed by atoms with Gasteiger partial charge in [-0.1, -0.05) is 6.92 Å². The number of carbonyl (C=O) groups excluding carboxylic acids is 1. The molecule has 1 atom stereocenters. The van der Waals surface area contributed by atoms with Gasteiger partial charge in [-0.2, -0.15) is 0 Å². The minimum Gasteiger partial charge on any atom is -0.366 e. The largest absolute Gasteiger partial charge is 0.366 e. The summed E-state index contributed by atoms with van der Waals surface area (Å²) in [5.74, 6) is 1.00. The minimum absolute atomic E-state index is 0.189. The van der Waals surface area contributed by atoms with Crippen LogP contribution in [0.15, 0.2) is 12.4 Å². The molecule has 0 spiro atoms. The lowest BCUT2D eigenvalue weighted by Crippen LogP contribution is -2.44. The van der Waals surface area contributed by atoms with E-state index in [1.807, 2.05) is 22.6 Å². The Kier molecular flexibility index (Phi) is 7.87. The molecule has 1 aliphatic heterocycles. The van der Waals surface area contributed by atoms with Gasteiger partial charge in [-0.25, -0.2) is 4.98 Å². The van der Waals surface area contributed by atoms with Gasteiger partial charge in [0.1, 0.15) is 5.82 Å². The third kappa shape index (κ3) is 6.09. The normalized spacial score (nSPS) is 17.2. The highest BCUT2D eigenvalue weighted by molar-refractivity contribution is 5.76. The van der Waals surface area contributed by atoms with Gasteiger partial charge >= 0.3 is 0 Å². The van der Waals surface area contributed by atoms with Crippen LogP contribution in [-0.4, -0.2) is 76.5 Å². The number of hydrogen-bond donors (Lipinski definition) is 1. The standard InChI is InChI=1S/C18H32N4O3/c1-4-13-25-18(24)14-22-12-9-19-16(22)5-6-17(23)21-10-7-15(8-11-21)20(2)3/h9,12,15,18,24H,4-8,10-11,13-14H2,1-3H3. The Hall–Kier alpha value is -1.44. The van der Waals surface area contributed by atoms with Crippen molar-refractivity contribution in [3.05, 3.63) is 18.2 Å². The predicted molar refractivity (Wildman–Crippen MR) is 96.1 cm³/mol. The van der Waals surface area contributed by atoms with Gasteiger partial charge in [0.15, 0.2) is 6.29 Å². The minimum atomic E-state index is -0.839. The monoisotopic (exact) mass is 352 g/mol. The lowest BCUT2D eigenvalue weighted by Gasteiger charge is -2.35. The number of aromatic nitrogens is 2. The number of carbonyl (C=O) groups is 1. The first-order valence-electron chi connectivity index (χ1n) is 9.25. The number of likely N-dealkylation sites (tertiary alicyclic amines) is 1. The van der Waals surface area contributed by atoms with E-state index in [1.54, 1.807) is 6.20 Å². The van der Waals surface area contributed by atoms with E-state index in [2.05, 4.69) is 24.0 Å². The van der Waals surface area contributed by atoms with Gasteiger partial charge in [-0.05, 0) is 33.4 Å². The number of amides is 1. The Balaban J connectivity index is 1.78. The molecule has 142 valence electrons. The van der Waals surface area contributed by atoms with Crippen LogP contribution in [0.5, 0.6) is 0 Å². The molecule has 0 saturated carbocycles. The van der Waals surface area contributed by atoms with Crippen molar-refractivity contribution in [1.29, 1.82) is 0 Å². The van der Waals surface area contributed by atoms with Crippen LogP contribution in [0.3, 0.4) is 0 Å². The number of aliphatic hydroxyl groups is 1. The second kappa shape index (κ2) is 9.89. The molecule has 7 heteroatoms. The first kappa shape index (κ1) is 19.9. The first-order valence-corrected chi connectivity index (χ1v) is 9.25. The van der Waals surface area contributed by atoms with Crippen molar-refractivity contribution in [1.82, 2.24) is 19.4 Å². The van der Waals surface area contributed by atoms with E-state index in [-0.39, 0.29) is 5.91 Å². The number of ether oxygens (including phenoxy) is 1. The molecule has 0 bridgehead atoms. The molecule has 7 nitrogen and oxygen atoms in total. The molecule has 0 radical (unpaired) electrons. The second-order valence-electron chi connectivity index (χ2n) is 6.90. The Morgan fingerprint density at radius 2 is 2.16 bits per heavy atom. The van der Waals surface area contributed by atoms with Gasteiger partial charge in [0.05, 0.1) is 6.54 Å². The molecule has 1 saturated heterocycles. The average molecular weight is 352 g/mol. The van der Waals surface area contributed by atoms with E-state index in [0.717, 1.165) is 38.2 Å². The van der Waals surface area contributed by atoms with Crippen LogP contribution < -0.4 is 0 Å². The van der Waals surface area contributed by atoms with Gasteiger partial charge in [0.25, 0.3) is 0 Å². The molecule has 2 heterocycles. The molecule has 1 fully saturated rings. The molecular formula is C18H32N4O3. The number of aryl methyl sites for hydroxylation is 1. The van der Waals surface area contributed by atoms with Crippen LogP contribution in [-0.2, 0) is 22.5 Å². The fourth-order valence-corrected chi connectivity index (χ4v) is 3.22. The molecule has 1 aliphatic rings. The number of imidazole rings is 1. The average Bonchev–Trinajstić information content (AvgIpc) is 3.04. The molecule has 1 amide bonds. The summed E-state index contributed by atoms with van der Waals surface area (Å²) in [6.45, 7) is 4.55. The SMILES string of the molecule is CCCOC(O)Cn1ccnc1CCC(=O)N1CCC(N(C)C)CC1. The summed E-state index contributed by atoms with van der Waals surface area (Å²) in [5, 5.41) is 9.88. The molecule has 1 N–H and O–H groups in total. The summed E-state index contributed by atoms with van der Waals surface area (Å²) in [6.07, 6.45) is 6.66. The summed E-state index contributed by atoms with van der Waals surface area (Å²) < 4.78 is 7.16. The van der Waals surface area contributed by atoms with Crippen molar-refractivity contribution in [2.75, 3.05) is 33.8 Å². The lowest BCUT2D eigenvalue weighted by atomic mass is 10.0. The molecule has 1 aromatic heterocycles. The Bertz CT molecular complexity index is 524. The van der Waals surface area contributed by atoms with Crippen LogP contribution in [0.25, 0.3) is 0 Å². The van der Waals surface area contributed by atoms with Gasteiger partial charge in [0, 0.05) is 51.0 Å². The van der Waals surface area contributed by atoms with Gasteiger partial charge in [0.2, 0.25) is 5.91 Å². The third-order valence-corrected chi connectivity index (χ3v) is 4.78. The van der Waals surface area contributed by atoms with E-state index < -0.39 is 6.29 Å². The smallest absolute Gasteiger partial charge is 0.223 e. The molecule has 2 rings (SSSR count). The Morgan fingerprint density at radius 3 is 2.80 bits per heavy atom. The molecule has 0 aromatic carbocycles. The van der Waals surface area contributed by atoms with E-state index >= 15 is 0 Å². The van der Waals surface area contributed by atoms with Crippen molar-refractivity contribution in [2.24, 2.45) is 0 Å². The van der Waals surface area contributed by atoms with Crippen LogP contribution >= 0.6 is 0 Å². The van der Waals surface area contributed by atoms with Gasteiger partial charge < -0.3 is 24.2 Å². The lowest BCUT2D eigenvalue weighted by molar-refractivity contribution is -0.132. The molecule has 1 aromatic rings. The number of nitrogens with zero attached hydrogens (tertiary/aromatic N) is 4. The molecule has 1 unspecified atom stereocenters.